The first-order chi connectivity index (χ1) is 10.1. The van der Waals surface area contributed by atoms with Crippen molar-refractivity contribution >= 4 is 5.91 Å². The van der Waals surface area contributed by atoms with Crippen molar-refractivity contribution in [3.8, 4) is 11.6 Å². The molecule has 0 atom stereocenters. The first-order valence-electron chi connectivity index (χ1n) is 7.52. The highest BCUT2D eigenvalue weighted by Crippen LogP contribution is 2.34. The lowest BCUT2D eigenvalue weighted by Gasteiger charge is -2.18. The summed E-state index contributed by atoms with van der Waals surface area (Å²) in [6.45, 7) is 2.47. The maximum Gasteiger partial charge on any atom is 0.260 e. The van der Waals surface area contributed by atoms with Crippen molar-refractivity contribution in [2.75, 3.05) is 6.54 Å². The summed E-state index contributed by atoms with van der Waals surface area (Å²) in [6.07, 6.45) is 5.34. The molecule has 1 aromatic heterocycles. The van der Waals surface area contributed by atoms with Crippen LogP contribution in [0.5, 0.6) is 11.6 Å². The number of unbranched alkanes of at least 4 members (excludes halogenated alkanes) is 1. The molecule has 1 fully saturated rings. The predicted molar refractivity (Wildman–Crippen MR) is 78.8 cm³/mol. The Morgan fingerprint density at radius 1 is 1.38 bits per heavy atom. The van der Waals surface area contributed by atoms with E-state index in [-0.39, 0.29) is 11.6 Å². The molecule has 116 valence electrons. The number of rotatable bonds is 5. The third kappa shape index (κ3) is 3.20. The summed E-state index contributed by atoms with van der Waals surface area (Å²) >= 11 is 0. The van der Waals surface area contributed by atoms with E-state index in [1.807, 2.05) is 6.92 Å². The van der Waals surface area contributed by atoms with Crippen LogP contribution in [0.3, 0.4) is 0 Å². The highest BCUT2D eigenvalue weighted by molar-refractivity contribution is 5.98. The number of nitrogens with zero attached hydrogens (tertiary/aromatic N) is 1. The second-order valence-electron chi connectivity index (χ2n) is 5.48. The van der Waals surface area contributed by atoms with E-state index in [4.69, 9.17) is 0 Å². The Balaban J connectivity index is 2.34. The number of hydrogen-bond acceptors (Lipinski definition) is 4. The quantitative estimate of drug-likeness (QED) is 0.723. The molecule has 1 saturated carbocycles. The van der Waals surface area contributed by atoms with Gasteiger partial charge in [-0.05, 0) is 19.3 Å². The van der Waals surface area contributed by atoms with Gasteiger partial charge in [-0.2, -0.15) is 0 Å². The molecule has 6 nitrogen and oxygen atoms in total. The van der Waals surface area contributed by atoms with Crippen LogP contribution < -0.4 is 10.9 Å². The zero-order valence-electron chi connectivity index (χ0n) is 12.3. The van der Waals surface area contributed by atoms with E-state index < -0.39 is 23.1 Å². The van der Waals surface area contributed by atoms with Crippen LogP contribution in [-0.4, -0.2) is 27.2 Å². The normalized spacial score (nSPS) is 15.3. The van der Waals surface area contributed by atoms with Gasteiger partial charge in [0, 0.05) is 18.7 Å². The number of nitrogens with one attached hydrogen (secondary N) is 1. The van der Waals surface area contributed by atoms with Gasteiger partial charge in [0.2, 0.25) is 5.88 Å². The minimum absolute atomic E-state index is 0.0970. The van der Waals surface area contributed by atoms with Crippen LogP contribution in [0.15, 0.2) is 10.9 Å². The summed E-state index contributed by atoms with van der Waals surface area (Å²) < 4.78 is 1.24. The highest BCUT2D eigenvalue weighted by Gasteiger charge is 2.26. The molecule has 0 bridgehead atoms. The fraction of sp³-hybridized carbons (Fsp3) is 0.600. The van der Waals surface area contributed by atoms with Gasteiger partial charge in [-0.25, -0.2) is 0 Å². The maximum absolute atomic E-state index is 12.1. The van der Waals surface area contributed by atoms with Crippen LogP contribution in [0.25, 0.3) is 0 Å². The number of aromatic nitrogens is 1. The summed E-state index contributed by atoms with van der Waals surface area (Å²) in [4.78, 5) is 24.1. The molecule has 0 spiro atoms. The summed E-state index contributed by atoms with van der Waals surface area (Å²) in [5.74, 6) is -1.45. The van der Waals surface area contributed by atoms with Crippen LogP contribution >= 0.6 is 0 Å². The Morgan fingerprint density at radius 3 is 2.67 bits per heavy atom. The van der Waals surface area contributed by atoms with Crippen molar-refractivity contribution in [3.63, 3.8) is 0 Å². The second-order valence-corrected chi connectivity index (χ2v) is 5.48. The van der Waals surface area contributed by atoms with Gasteiger partial charge in [-0.1, -0.05) is 26.2 Å². The second kappa shape index (κ2) is 6.65. The molecule has 2 rings (SSSR count). The Labute approximate surface area is 123 Å². The molecular weight excluding hydrogens is 272 g/mol. The number of carbonyl (C=O) groups is 1. The van der Waals surface area contributed by atoms with E-state index in [1.54, 1.807) is 0 Å². The van der Waals surface area contributed by atoms with E-state index in [1.165, 1.54) is 4.57 Å². The van der Waals surface area contributed by atoms with Crippen molar-refractivity contribution in [2.45, 2.75) is 51.5 Å². The van der Waals surface area contributed by atoms with Gasteiger partial charge in [-0.15, -0.1) is 0 Å². The van der Waals surface area contributed by atoms with Crippen LogP contribution in [0.4, 0.5) is 0 Å². The Hall–Kier alpha value is -1.98. The van der Waals surface area contributed by atoms with Gasteiger partial charge in [0.25, 0.3) is 11.5 Å². The molecule has 1 heterocycles. The van der Waals surface area contributed by atoms with Gasteiger partial charge in [-0.3, -0.25) is 14.2 Å². The molecule has 0 saturated heterocycles. The Morgan fingerprint density at radius 2 is 2.05 bits per heavy atom. The lowest BCUT2D eigenvalue weighted by Crippen LogP contribution is -2.29. The minimum atomic E-state index is -0.551. The Bertz CT molecular complexity index is 574. The Kier molecular flexibility index (Phi) is 4.88. The summed E-state index contributed by atoms with van der Waals surface area (Å²) in [6, 6.07) is 0.910. The molecule has 1 aromatic rings. The molecule has 0 aromatic carbocycles. The zero-order valence-corrected chi connectivity index (χ0v) is 12.3. The molecule has 21 heavy (non-hydrogen) atoms. The third-order valence-electron chi connectivity index (χ3n) is 3.94. The van der Waals surface area contributed by atoms with Crippen molar-refractivity contribution in [1.29, 1.82) is 0 Å². The van der Waals surface area contributed by atoms with Gasteiger partial charge >= 0.3 is 0 Å². The number of pyridine rings is 1. The van der Waals surface area contributed by atoms with Crippen molar-refractivity contribution < 1.29 is 15.0 Å². The summed E-state index contributed by atoms with van der Waals surface area (Å²) in [5.41, 5.74) is -0.681. The lowest BCUT2D eigenvalue weighted by molar-refractivity contribution is 0.0945. The molecule has 0 radical (unpaired) electrons. The van der Waals surface area contributed by atoms with Crippen LogP contribution in [0.2, 0.25) is 0 Å². The highest BCUT2D eigenvalue weighted by atomic mass is 16.3. The third-order valence-corrected chi connectivity index (χ3v) is 3.94. The van der Waals surface area contributed by atoms with E-state index in [2.05, 4.69) is 5.32 Å². The smallest absolute Gasteiger partial charge is 0.260 e. The van der Waals surface area contributed by atoms with Crippen LogP contribution in [0.1, 0.15) is 61.8 Å². The standard InChI is InChI=1S/C15H22N2O4/c1-2-3-8-16-14(20)13-11(18)9-12(19)17(15(13)21)10-6-4-5-7-10/h9-10,18,21H,2-8H2,1H3,(H,16,20). The number of aromatic hydroxyl groups is 2. The molecule has 0 unspecified atom stereocenters. The van der Waals surface area contributed by atoms with Gasteiger partial charge in [0.15, 0.2) is 0 Å². The zero-order chi connectivity index (χ0) is 15.4. The summed E-state index contributed by atoms with van der Waals surface area (Å²) in [7, 11) is 0. The summed E-state index contributed by atoms with van der Waals surface area (Å²) in [5, 5.41) is 22.8. The fourth-order valence-corrected chi connectivity index (χ4v) is 2.80. The number of amides is 1. The largest absolute Gasteiger partial charge is 0.507 e. The van der Waals surface area contributed by atoms with Gasteiger partial charge in [0.05, 0.1) is 0 Å². The number of carbonyl (C=O) groups excluding carboxylic acids is 1. The first kappa shape index (κ1) is 15.4. The van der Waals surface area contributed by atoms with E-state index in [0.29, 0.717) is 6.54 Å². The molecule has 3 N–H and O–H groups in total. The topological polar surface area (TPSA) is 91.6 Å². The predicted octanol–water partition coefficient (Wildman–Crippen LogP) is 1.90. The monoisotopic (exact) mass is 294 g/mol. The van der Waals surface area contributed by atoms with E-state index in [0.717, 1.165) is 44.6 Å². The average molecular weight is 294 g/mol. The lowest BCUT2D eigenvalue weighted by atomic mass is 10.1. The van der Waals surface area contributed by atoms with Crippen molar-refractivity contribution in [1.82, 2.24) is 9.88 Å². The molecule has 1 aliphatic rings. The van der Waals surface area contributed by atoms with Crippen LogP contribution in [0, 0.1) is 0 Å². The van der Waals surface area contributed by atoms with Crippen molar-refractivity contribution in [2.24, 2.45) is 0 Å². The van der Waals surface area contributed by atoms with Gasteiger partial charge in [0.1, 0.15) is 11.3 Å². The minimum Gasteiger partial charge on any atom is -0.507 e. The fourth-order valence-electron chi connectivity index (χ4n) is 2.80. The first-order valence-corrected chi connectivity index (χ1v) is 7.52. The molecule has 0 aliphatic heterocycles. The van der Waals surface area contributed by atoms with E-state index >= 15 is 0 Å². The van der Waals surface area contributed by atoms with Crippen LogP contribution in [-0.2, 0) is 0 Å². The SMILES string of the molecule is CCCCNC(=O)c1c(O)cc(=O)n(C2CCCC2)c1O. The van der Waals surface area contributed by atoms with Crippen molar-refractivity contribution in [3.05, 3.63) is 22.0 Å². The maximum atomic E-state index is 12.1. The molecular formula is C15H22N2O4. The molecule has 6 heteroatoms. The average Bonchev–Trinajstić information content (AvgIpc) is 2.92. The molecule has 1 aliphatic carbocycles. The number of hydrogen-bond donors (Lipinski definition) is 3. The van der Waals surface area contributed by atoms with Gasteiger partial charge < -0.3 is 15.5 Å². The van der Waals surface area contributed by atoms with E-state index in [9.17, 15) is 19.8 Å². The molecule has 1 amide bonds.